The highest BCUT2D eigenvalue weighted by molar-refractivity contribution is 8.15. The average molecular weight is 426 g/mol. The summed E-state index contributed by atoms with van der Waals surface area (Å²) < 4.78 is 5.20. The van der Waals surface area contributed by atoms with Crippen LogP contribution < -0.4 is 10.1 Å². The molecule has 3 rings (SSSR count). The van der Waals surface area contributed by atoms with Gasteiger partial charge in [0.1, 0.15) is 5.75 Å². The quantitative estimate of drug-likeness (QED) is 0.699. The van der Waals surface area contributed by atoms with Crippen molar-refractivity contribution >= 4 is 34.4 Å². The van der Waals surface area contributed by atoms with Crippen molar-refractivity contribution in [2.45, 2.75) is 31.4 Å². The number of ether oxygens (including phenoxy) is 1. The Hall–Kier alpha value is -2.80. The Bertz CT molecular complexity index is 884. The molecule has 0 aliphatic carbocycles. The second-order valence-electron chi connectivity index (χ2n) is 6.93. The number of aryl methyl sites for hydroxylation is 1. The Morgan fingerprint density at radius 2 is 1.93 bits per heavy atom. The Morgan fingerprint density at radius 1 is 1.20 bits per heavy atom. The van der Waals surface area contributed by atoms with Crippen molar-refractivity contribution in [2.24, 2.45) is 4.99 Å². The van der Waals surface area contributed by atoms with E-state index in [-0.39, 0.29) is 18.2 Å². The van der Waals surface area contributed by atoms with Crippen LogP contribution in [0.4, 0.5) is 5.69 Å². The normalized spacial score (nSPS) is 17.8. The molecule has 158 valence electrons. The van der Waals surface area contributed by atoms with Crippen LogP contribution in [0, 0.1) is 0 Å². The number of hydrogen-bond donors (Lipinski definition) is 1. The third-order valence-corrected chi connectivity index (χ3v) is 5.96. The van der Waals surface area contributed by atoms with Crippen LogP contribution in [0.5, 0.6) is 5.75 Å². The molecule has 2 aromatic rings. The first-order chi connectivity index (χ1) is 14.6. The van der Waals surface area contributed by atoms with E-state index in [1.165, 1.54) is 17.3 Å². The van der Waals surface area contributed by atoms with Gasteiger partial charge in [0.25, 0.3) is 0 Å². The molecule has 6 nitrogen and oxygen atoms in total. The van der Waals surface area contributed by atoms with Gasteiger partial charge in [-0.2, -0.15) is 0 Å². The minimum absolute atomic E-state index is 0.0645. The fourth-order valence-corrected chi connectivity index (χ4v) is 4.35. The van der Waals surface area contributed by atoms with Gasteiger partial charge in [-0.25, -0.2) is 4.99 Å². The molecule has 0 unspecified atom stereocenters. The van der Waals surface area contributed by atoms with E-state index in [0.717, 1.165) is 24.3 Å². The van der Waals surface area contributed by atoms with E-state index in [4.69, 9.17) is 9.73 Å². The number of amidine groups is 1. The highest BCUT2D eigenvalue weighted by atomic mass is 32.2. The predicted octanol–water partition coefficient (Wildman–Crippen LogP) is 3.79. The minimum Gasteiger partial charge on any atom is -0.497 e. The summed E-state index contributed by atoms with van der Waals surface area (Å²) in [5.74, 6) is 0.554. The van der Waals surface area contributed by atoms with E-state index >= 15 is 0 Å². The lowest BCUT2D eigenvalue weighted by Crippen LogP contribution is -2.47. The molecule has 30 heavy (non-hydrogen) atoms. The first-order valence-electron chi connectivity index (χ1n) is 10.1. The molecule has 1 heterocycles. The maximum absolute atomic E-state index is 12.9. The van der Waals surface area contributed by atoms with E-state index in [1.807, 2.05) is 49.4 Å². The summed E-state index contributed by atoms with van der Waals surface area (Å²) in [6.45, 7) is 2.98. The van der Waals surface area contributed by atoms with Crippen LogP contribution in [-0.4, -0.2) is 47.3 Å². The van der Waals surface area contributed by atoms with Gasteiger partial charge in [-0.05, 0) is 49.6 Å². The molecule has 0 radical (unpaired) electrons. The number of nitrogens with zero attached hydrogens (tertiary/aromatic N) is 2. The molecule has 1 fully saturated rings. The van der Waals surface area contributed by atoms with Crippen LogP contribution in [0.3, 0.4) is 0 Å². The monoisotopic (exact) mass is 425 g/mol. The van der Waals surface area contributed by atoms with Crippen LogP contribution in [0.1, 0.15) is 25.3 Å². The number of aliphatic imine (C=N–C) groups is 1. The number of nitrogens with one attached hydrogen (secondary N) is 1. The zero-order chi connectivity index (χ0) is 21.3. The summed E-state index contributed by atoms with van der Waals surface area (Å²) in [5.41, 5.74) is 1.96. The van der Waals surface area contributed by atoms with Crippen LogP contribution >= 0.6 is 11.8 Å². The van der Waals surface area contributed by atoms with Crippen molar-refractivity contribution in [3.63, 3.8) is 0 Å². The number of rotatable bonds is 8. The van der Waals surface area contributed by atoms with Crippen LogP contribution in [0.2, 0.25) is 0 Å². The van der Waals surface area contributed by atoms with Gasteiger partial charge in [-0.1, -0.05) is 42.1 Å². The molecule has 1 aliphatic rings. The highest BCUT2D eigenvalue weighted by Crippen LogP contribution is 2.30. The van der Waals surface area contributed by atoms with Crippen LogP contribution in [-0.2, 0) is 16.0 Å². The fourth-order valence-electron chi connectivity index (χ4n) is 3.20. The maximum Gasteiger partial charge on any atom is 0.234 e. The van der Waals surface area contributed by atoms with Crippen molar-refractivity contribution in [3.8, 4) is 5.75 Å². The topological polar surface area (TPSA) is 71.0 Å². The van der Waals surface area contributed by atoms with Gasteiger partial charge >= 0.3 is 0 Å². The van der Waals surface area contributed by atoms with E-state index < -0.39 is 5.25 Å². The number of hydrogen-bond acceptors (Lipinski definition) is 5. The molecule has 2 aromatic carbocycles. The number of methoxy groups -OCH3 is 1. The Labute approximate surface area is 181 Å². The van der Waals surface area contributed by atoms with Crippen LogP contribution in [0.25, 0.3) is 0 Å². The lowest BCUT2D eigenvalue weighted by molar-refractivity contribution is -0.130. The lowest BCUT2D eigenvalue weighted by atomic mass is 10.1. The molecule has 0 saturated carbocycles. The summed E-state index contributed by atoms with van der Waals surface area (Å²) in [7, 11) is 1.61. The first kappa shape index (κ1) is 21.9. The lowest BCUT2D eigenvalue weighted by Gasteiger charge is -2.31. The number of thioether (sulfide) groups is 1. The zero-order valence-corrected chi connectivity index (χ0v) is 18.2. The number of carbonyl (C=O) groups excluding carboxylic acids is 2. The third kappa shape index (κ3) is 5.86. The molecule has 0 spiro atoms. The second-order valence-corrected chi connectivity index (χ2v) is 8.10. The molecule has 7 heteroatoms. The largest absolute Gasteiger partial charge is 0.497 e. The van der Waals surface area contributed by atoms with Gasteiger partial charge in [-0.3, -0.25) is 14.5 Å². The van der Waals surface area contributed by atoms with Crippen LogP contribution in [0.15, 0.2) is 59.6 Å². The second kappa shape index (κ2) is 10.8. The Balaban J connectivity index is 1.77. The van der Waals surface area contributed by atoms with E-state index in [9.17, 15) is 9.59 Å². The summed E-state index contributed by atoms with van der Waals surface area (Å²) in [5, 5.41) is 2.92. The summed E-state index contributed by atoms with van der Waals surface area (Å²) >= 11 is 1.35. The molecule has 0 aromatic heterocycles. The standard InChI is InChI=1S/C23H27N3O3S/c1-3-24-22(28)20-16-21(27)26(15-7-10-17-8-5-4-6-9-17)23(30-20)25-18-11-13-19(29-2)14-12-18/h4-6,8-9,11-14,20H,3,7,10,15-16H2,1-2H3,(H,24,28)/t20-/m0/s1. The fraction of sp³-hybridized carbons (Fsp3) is 0.348. The van der Waals surface area contributed by atoms with Gasteiger partial charge in [0.2, 0.25) is 11.8 Å². The molecule has 0 bridgehead atoms. The predicted molar refractivity (Wildman–Crippen MR) is 121 cm³/mol. The van der Waals surface area contributed by atoms with Crippen molar-refractivity contribution in [2.75, 3.05) is 20.2 Å². The van der Waals surface area contributed by atoms with Gasteiger partial charge in [0, 0.05) is 19.5 Å². The van der Waals surface area contributed by atoms with Crippen molar-refractivity contribution < 1.29 is 14.3 Å². The van der Waals surface area contributed by atoms with Gasteiger partial charge in [-0.15, -0.1) is 0 Å². The highest BCUT2D eigenvalue weighted by Gasteiger charge is 2.35. The molecular formula is C23H27N3O3S. The Kier molecular flexibility index (Phi) is 7.90. The van der Waals surface area contributed by atoms with Gasteiger partial charge in [0.15, 0.2) is 5.17 Å². The third-order valence-electron chi connectivity index (χ3n) is 4.77. The zero-order valence-electron chi connectivity index (χ0n) is 17.3. The summed E-state index contributed by atoms with van der Waals surface area (Å²) in [6, 6.07) is 17.5. The van der Waals surface area contributed by atoms with E-state index in [0.29, 0.717) is 18.3 Å². The summed E-state index contributed by atoms with van der Waals surface area (Å²) in [4.78, 5) is 31.7. The Morgan fingerprint density at radius 3 is 2.60 bits per heavy atom. The van der Waals surface area contributed by atoms with Crippen molar-refractivity contribution in [1.82, 2.24) is 10.2 Å². The average Bonchev–Trinajstić information content (AvgIpc) is 2.76. The van der Waals surface area contributed by atoms with E-state index in [2.05, 4.69) is 17.4 Å². The first-order valence-corrected chi connectivity index (χ1v) is 11.0. The SMILES string of the molecule is CCNC(=O)[C@@H]1CC(=O)N(CCCc2ccccc2)C(=Nc2ccc(OC)cc2)S1. The maximum atomic E-state index is 12.9. The van der Waals surface area contributed by atoms with Gasteiger partial charge < -0.3 is 10.1 Å². The van der Waals surface area contributed by atoms with Crippen molar-refractivity contribution in [3.05, 3.63) is 60.2 Å². The number of benzene rings is 2. The minimum atomic E-state index is -0.458. The molecule has 1 atom stereocenters. The number of amides is 2. The molecule has 2 amide bonds. The summed E-state index contributed by atoms with van der Waals surface area (Å²) in [6.07, 6.45) is 1.89. The molecule has 1 aliphatic heterocycles. The molecular weight excluding hydrogens is 398 g/mol. The molecule has 1 N–H and O–H groups in total. The van der Waals surface area contributed by atoms with Crippen molar-refractivity contribution in [1.29, 1.82) is 0 Å². The van der Waals surface area contributed by atoms with E-state index in [1.54, 1.807) is 12.0 Å². The van der Waals surface area contributed by atoms with Gasteiger partial charge in [0.05, 0.1) is 18.0 Å². The molecule has 1 saturated heterocycles. The smallest absolute Gasteiger partial charge is 0.234 e. The number of carbonyl (C=O) groups is 2.